The molecule has 4 nitrogen and oxygen atoms in total. The van der Waals surface area contributed by atoms with E-state index in [1.54, 1.807) is 0 Å². The quantitative estimate of drug-likeness (QED) is 0.414. The van der Waals surface area contributed by atoms with Crippen LogP contribution < -0.4 is 0 Å². The van der Waals surface area contributed by atoms with Crippen molar-refractivity contribution in [3.63, 3.8) is 0 Å². The van der Waals surface area contributed by atoms with Crippen LogP contribution >= 0.6 is 0 Å². The molecule has 0 aliphatic heterocycles. The van der Waals surface area contributed by atoms with E-state index in [4.69, 9.17) is 9.47 Å². The van der Waals surface area contributed by atoms with Crippen LogP contribution in [0.5, 0.6) is 0 Å². The lowest BCUT2D eigenvalue weighted by molar-refractivity contribution is -0.160. The molecule has 0 saturated carbocycles. The molecule has 0 heterocycles. The predicted molar refractivity (Wildman–Crippen MR) is 75.9 cm³/mol. The van der Waals surface area contributed by atoms with Crippen LogP contribution in [0.25, 0.3) is 0 Å². The van der Waals surface area contributed by atoms with Gasteiger partial charge in [-0.05, 0) is 12.0 Å². The van der Waals surface area contributed by atoms with Gasteiger partial charge in [0.15, 0.2) is 5.92 Å². The Morgan fingerprint density at radius 3 is 1.95 bits per heavy atom. The van der Waals surface area contributed by atoms with E-state index in [1.165, 1.54) is 12.2 Å². The molecule has 0 aliphatic carbocycles. The van der Waals surface area contributed by atoms with Crippen LogP contribution in [0, 0.1) is 5.92 Å². The molecule has 0 unspecified atom stereocenters. The monoisotopic (exact) mass is 274 g/mol. The van der Waals surface area contributed by atoms with Gasteiger partial charge in [0.2, 0.25) is 0 Å². The fourth-order valence-corrected chi connectivity index (χ4v) is 1.60. The topological polar surface area (TPSA) is 52.6 Å². The van der Waals surface area contributed by atoms with Crippen molar-refractivity contribution in [2.45, 2.75) is 6.42 Å². The SMILES string of the molecule is C=CCOC(=O)C(Cc1ccccc1)C(=O)OCC=C. The normalized spacial score (nSPS) is 9.85. The maximum atomic E-state index is 11.9. The highest BCUT2D eigenvalue weighted by Crippen LogP contribution is 2.13. The van der Waals surface area contributed by atoms with Crippen molar-refractivity contribution in [1.82, 2.24) is 0 Å². The van der Waals surface area contributed by atoms with Gasteiger partial charge in [-0.25, -0.2) is 0 Å². The van der Waals surface area contributed by atoms with Crippen LogP contribution in [0.15, 0.2) is 55.6 Å². The lowest BCUT2D eigenvalue weighted by Gasteiger charge is -2.14. The van der Waals surface area contributed by atoms with Crippen LogP contribution in [0.2, 0.25) is 0 Å². The lowest BCUT2D eigenvalue weighted by atomic mass is 9.99. The molecule has 0 aliphatic rings. The summed E-state index contributed by atoms with van der Waals surface area (Å²) in [5.41, 5.74) is 0.864. The number of hydrogen-bond acceptors (Lipinski definition) is 4. The van der Waals surface area contributed by atoms with Gasteiger partial charge in [-0.3, -0.25) is 9.59 Å². The molecule has 1 rings (SSSR count). The van der Waals surface area contributed by atoms with Gasteiger partial charge in [0.05, 0.1) is 0 Å². The summed E-state index contributed by atoms with van der Waals surface area (Å²) < 4.78 is 9.89. The van der Waals surface area contributed by atoms with Crippen LogP contribution in [0.3, 0.4) is 0 Å². The average Bonchev–Trinajstić information content (AvgIpc) is 2.48. The molecule has 0 aromatic heterocycles. The number of hydrogen-bond donors (Lipinski definition) is 0. The number of ether oxygens (including phenoxy) is 2. The average molecular weight is 274 g/mol. The minimum atomic E-state index is -0.975. The maximum absolute atomic E-state index is 11.9. The van der Waals surface area contributed by atoms with Crippen LogP contribution in [-0.2, 0) is 25.5 Å². The summed E-state index contributed by atoms with van der Waals surface area (Å²) in [5.74, 6) is -2.19. The highest BCUT2D eigenvalue weighted by Gasteiger charge is 2.29. The van der Waals surface area contributed by atoms with Crippen molar-refractivity contribution in [1.29, 1.82) is 0 Å². The van der Waals surface area contributed by atoms with Gasteiger partial charge in [0, 0.05) is 0 Å². The molecule has 4 heteroatoms. The number of carbonyl (C=O) groups excluding carboxylic acids is 2. The standard InChI is InChI=1S/C16H18O4/c1-3-10-19-15(17)14(16(18)20-11-4-2)12-13-8-6-5-7-9-13/h3-9,14H,1-2,10-12H2. The molecule has 106 valence electrons. The summed E-state index contributed by atoms with van der Waals surface area (Å²) in [6.07, 6.45) is 3.14. The van der Waals surface area contributed by atoms with Crippen LogP contribution in [0.4, 0.5) is 0 Å². The summed E-state index contributed by atoms with van der Waals surface area (Å²) in [7, 11) is 0. The zero-order valence-corrected chi connectivity index (χ0v) is 11.3. The van der Waals surface area contributed by atoms with Crippen molar-refractivity contribution in [2.75, 3.05) is 13.2 Å². The third-order valence-corrected chi connectivity index (χ3v) is 2.54. The Morgan fingerprint density at radius 1 is 1.00 bits per heavy atom. The molecule has 20 heavy (non-hydrogen) atoms. The molecule has 0 N–H and O–H groups in total. The predicted octanol–water partition coefficient (Wildman–Crippen LogP) is 2.30. The molecule has 0 radical (unpaired) electrons. The van der Waals surface area contributed by atoms with E-state index in [-0.39, 0.29) is 19.6 Å². The number of benzene rings is 1. The second-order valence-corrected chi connectivity index (χ2v) is 4.08. The van der Waals surface area contributed by atoms with E-state index in [0.717, 1.165) is 5.56 Å². The molecule has 0 bridgehead atoms. The molecule has 0 fully saturated rings. The first-order valence-corrected chi connectivity index (χ1v) is 6.28. The third kappa shape index (κ3) is 5.10. The van der Waals surface area contributed by atoms with Gasteiger partial charge in [0.1, 0.15) is 13.2 Å². The molecular formula is C16H18O4. The van der Waals surface area contributed by atoms with E-state index in [0.29, 0.717) is 0 Å². The molecule has 0 spiro atoms. The van der Waals surface area contributed by atoms with Gasteiger partial charge >= 0.3 is 11.9 Å². The van der Waals surface area contributed by atoms with E-state index < -0.39 is 17.9 Å². The molecular weight excluding hydrogens is 256 g/mol. The number of esters is 2. The van der Waals surface area contributed by atoms with E-state index in [9.17, 15) is 9.59 Å². The van der Waals surface area contributed by atoms with Crippen molar-refractivity contribution in [3.8, 4) is 0 Å². The summed E-state index contributed by atoms with van der Waals surface area (Å²) in [6.45, 7) is 7.06. The van der Waals surface area contributed by atoms with E-state index in [1.807, 2.05) is 30.3 Å². The molecule has 1 aromatic rings. The van der Waals surface area contributed by atoms with Gasteiger partial charge < -0.3 is 9.47 Å². The number of carbonyl (C=O) groups is 2. The minimum Gasteiger partial charge on any atom is -0.461 e. The Hall–Kier alpha value is -2.36. The van der Waals surface area contributed by atoms with E-state index in [2.05, 4.69) is 13.2 Å². The van der Waals surface area contributed by atoms with Crippen molar-refractivity contribution < 1.29 is 19.1 Å². The van der Waals surface area contributed by atoms with Gasteiger partial charge in [-0.15, -0.1) is 0 Å². The fraction of sp³-hybridized carbons (Fsp3) is 0.250. The second-order valence-electron chi connectivity index (χ2n) is 4.08. The van der Waals surface area contributed by atoms with Crippen molar-refractivity contribution in [2.24, 2.45) is 5.92 Å². The molecule has 0 saturated heterocycles. The van der Waals surface area contributed by atoms with Crippen LogP contribution in [-0.4, -0.2) is 25.2 Å². The second kappa shape index (κ2) is 8.69. The molecule has 0 amide bonds. The van der Waals surface area contributed by atoms with Crippen molar-refractivity contribution >= 4 is 11.9 Å². The van der Waals surface area contributed by atoms with E-state index >= 15 is 0 Å². The lowest BCUT2D eigenvalue weighted by Crippen LogP contribution is -2.30. The summed E-state index contributed by atoms with van der Waals surface area (Å²) in [6, 6.07) is 9.24. The smallest absolute Gasteiger partial charge is 0.320 e. The largest absolute Gasteiger partial charge is 0.461 e. The minimum absolute atomic E-state index is 0.0683. The Morgan fingerprint density at radius 2 is 1.50 bits per heavy atom. The first kappa shape index (κ1) is 15.7. The summed E-state index contributed by atoms with van der Waals surface area (Å²) >= 11 is 0. The summed E-state index contributed by atoms with van der Waals surface area (Å²) in [4.78, 5) is 23.8. The first-order chi connectivity index (χ1) is 9.69. The van der Waals surface area contributed by atoms with Gasteiger partial charge in [-0.2, -0.15) is 0 Å². The number of rotatable bonds is 8. The Kier molecular flexibility index (Phi) is 6.82. The van der Waals surface area contributed by atoms with Gasteiger partial charge in [0.25, 0.3) is 0 Å². The molecule has 0 atom stereocenters. The van der Waals surface area contributed by atoms with Crippen LogP contribution in [0.1, 0.15) is 5.56 Å². The third-order valence-electron chi connectivity index (χ3n) is 2.54. The Balaban J connectivity index is 2.77. The maximum Gasteiger partial charge on any atom is 0.320 e. The fourth-order valence-electron chi connectivity index (χ4n) is 1.60. The first-order valence-electron chi connectivity index (χ1n) is 6.28. The van der Waals surface area contributed by atoms with Crippen molar-refractivity contribution in [3.05, 3.63) is 61.2 Å². The zero-order valence-electron chi connectivity index (χ0n) is 11.3. The highest BCUT2D eigenvalue weighted by atomic mass is 16.6. The highest BCUT2D eigenvalue weighted by molar-refractivity contribution is 5.95. The molecule has 1 aromatic carbocycles. The Bertz CT molecular complexity index is 441. The van der Waals surface area contributed by atoms with Gasteiger partial charge in [-0.1, -0.05) is 55.6 Å². The Labute approximate surface area is 118 Å². The zero-order chi connectivity index (χ0) is 14.8. The summed E-state index contributed by atoms with van der Waals surface area (Å²) in [5, 5.41) is 0.